The molecule has 17 heavy (non-hydrogen) atoms. The third-order valence-corrected chi connectivity index (χ3v) is 3.83. The van der Waals surface area contributed by atoms with E-state index in [-0.39, 0.29) is 17.5 Å². The maximum atomic E-state index is 13.2. The van der Waals surface area contributed by atoms with Crippen molar-refractivity contribution >= 4 is 44.8 Å². The third kappa shape index (κ3) is 2.40. The zero-order chi connectivity index (χ0) is 12.6. The molecule has 0 aromatic heterocycles. The van der Waals surface area contributed by atoms with Gasteiger partial charge in [-0.25, -0.2) is 4.39 Å². The maximum absolute atomic E-state index is 13.2. The van der Waals surface area contributed by atoms with Crippen molar-refractivity contribution in [2.75, 3.05) is 23.1 Å². The molecule has 3 nitrogen and oxygen atoms in total. The van der Waals surface area contributed by atoms with E-state index in [9.17, 15) is 9.18 Å². The molecule has 0 bridgehead atoms. The smallest absolute Gasteiger partial charge is 0.227 e. The number of nitrogens with zero attached hydrogens (tertiary/aromatic N) is 1. The summed E-state index contributed by atoms with van der Waals surface area (Å²) in [5.74, 6) is 0.102. The summed E-state index contributed by atoms with van der Waals surface area (Å²) in [6.07, 6.45) is 0.415. The van der Waals surface area contributed by atoms with Crippen LogP contribution in [0.3, 0.4) is 0 Å². The number of nitrogens with two attached hydrogens (primary N) is 1. The van der Waals surface area contributed by atoms with Gasteiger partial charge in [0.15, 0.2) is 0 Å². The molecule has 0 radical (unpaired) electrons. The normalized spacial score (nSPS) is 20.1. The van der Waals surface area contributed by atoms with E-state index in [1.165, 1.54) is 12.1 Å². The first-order chi connectivity index (χ1) is 8.02. The van der Waals surface area contributed by atoms with Crippen LogP contribution in [0.5, 0.6) is 0 Å². The molecule has 1 saturated heterocycles. The van der Waals surface area contributed by atoms with Gasteiger partial charge in [0.2, 0.25) is 5.91 Å². The van der Waals surface area contributed by atoms with E-state index in [0.717, 1.165) is 0 Å². The fraction of sp³-hybridized carbons (Fsp3) is 0.364. The number of anilines is 2. The molecule has 0 spiro atoms. The topological polar surface area (TPSA) is 46.3 Å². The number of carbonyl (C=O) groups excluding carboxylic acids is 1. The van der Waals surface area contributed by atoms with Crippen molar-refractivity contribution in [3.63, 3.8) is 0 Å². The minimum absolute atomic E-state index is 0.0270. The summed E-state index contributed by atoms with van der Waals surface area (Å²) in [6.45, 7) is 0.532. The molecule has 1 aromatic carbocycles. The van der Waals surface area contributed by atoms with Crippen molar-refractivity contribution in [2.24, 2.45) is 5.92 Å². The van der Waals surface area contributed by atoms with Crippen molar-refractivity contribution in [1.82, 2.24) is 0 Å². The molecule has 0 saturated carbocycles. The molecule has 92 valence electrons. The van der Waals surface area contributed by atoms with Crippen LogP contribution in [0.25, 0.3) is 0 Å². The van der Waals surface area contributed by atoms with E-state index in [2.05, 4.69) is 15.9 Å². The first kappa shape index (κ1) is 12.6. The zero-order valence-corrected chi connectivity index (χ0v) is 11.3. The lowest BCUT2D eigenvalue weighted by Crippen LogP contribution is -2.25. The van der Waals surface area contributed by atoms with E-state index in [4.69, 9.17) is 17.3 Å². The summed E-state index contributed by atoms with van der Waals surface area (Å²) < 4.78 is 13.5. The van der Waals surface area contributed by atoms with Gasteiger partial charge in [0, 0.05) is 24.9 Å². The van der Waals surface area contributed by atoms with Crippen LogP contribution in [0.1, 0.15) is 6.42 Å². The highest BCUT2D eigenvalue weighted by Crippen LogP contribution is 2.33. The van der Waals surface area contributed by atoms with Gasteiger partial charge < -0.3 is 10.6 Å². The molecule has 1 aliphatic heterocycles. The Morgan fingerprint density at radius 2 is 2.29 bits per heavy atom. The second kappa shape index (κ2) is 4.82. The highest BCUT2D eigenvalue weighted by atomic mass is 79.9. The van der Waals surface area contributed by atoms with Crippen molar-refractivity contribution in [3.8, 4) is 0 Å². The Hall–Kier alpha value is -0.810. The first-order valence-corrected chi connectivity index (χ1v) is 6.46. The van der Waals surface area contributed by atoms with Crippen molar-refractivity contribution in [1.29, 1.82) is 0 Å². The zero-order valence-electron chi connectivity index (χ0n) is 8.92. The second-order valence-electron chi connectivity index (χ2n) is 4.05. The van der Waals surface area contributed by atoms with Gasteiger partial charge in [-0.1, -0.05) is 0 Å². The number of nitrogen functional groups attached to an aromatic ring is 1. The molecule has 1 heterocycles. The quantitative estimate of drug-likeness (QED) is 0.672. The summed E-state index contributed by atoms with van der Waals surface area (Å²) in [6, 6.07) is 2.74. The minimum Gasteiger partial charge on any atom is -0.397 e. The summed E-state index contributed by atoms with van der Waals surface area (Å²) >= 11 is 8.83. The fourth-order valence-electron chi connectivity index (χ4n) is 1.90. The lowest BCUT2D eigenvalue weighted by atomic mass is 10.1. The number of hydrogen-bond donors (Lipinski definition) is 1. The fourth-order valence-corrected chi connectivity index (χ4v) is 2.44. The van der Waals surface area contributed by atoms with E-state index < -0.39 is 5.82 Å². The Balaban J connectivity index is 2.35. The standard InChI is InChI=1S/C11H11BrClFN2O/c12-7-2-10(9(15)3-8(7)14)16-5-6(4-13)1-11(16)17/h2-3,6H,1,4-5,15H2. The van der Waals surface area contributed by atoms with Gasteiger partial charge in [-0.2, -0.15) is 0 Å². The Morgan fingerprint density at radius 3 is 2.88 bits per heavy atom. The third-order valence-electron chi connectivity index (χ3n) is 2.78. The molecule has 1 aromatic rings. The monoisotopic (exact) mass is 320 g/mol. The van der Waals surface area contributed by atoms with Crippen LogP contribution in [0, 0.1) is 11.7 Å². The molecule has 1 atom stereocenters. The van der Waals surface area contributed by atoms with Crippen molar-refractivity contribution in [2.45, 2.75) is 6.42 Å². The van der Waals surface area contributed by atoms with E-state index in [1.54, 1.807) is 4.90 Å². The van der Waals surface area contributed by atoms with Crippen LogP contribution in [-0.2, 0) is 4.79 Å². The predicted molar refractivity (Wildman–Crippen MR) is 69.7 cm³/mol. The number of rotatable bonds is 2. The number of halogens is 3. The van der Waals surface area contributed by atoms with Crippen LogP contribution >= 0.6 is 27.5 Å². The molecule has 1 aliphatic rings. The molecule has 6 heteroatoms. The highest BCUT2D eigenvalue weighted by molar-refractivity contribution is 9.10. The van der Waals surface area contributed by atoms with Gasteiger partial charge in [0.25, 0.3) is 0 Å². The molecule has 0 aliphatic carbocycles. The predicted octanol–water partition coefficient (Wildman–Crippen LogP) is 2.76. The Bertz CT molecular complexity index is 469. The molecule has 2 rings (SSSR count). The molecular weight excluding hydrogens is 310 g/mol. The van der Waals surface area contributed by atoms with Gasteiger partial charge in [0.05, 0.1) is 15.8 Å². The van der Waals surface area contributed by atoms with Gasteiger partial charge in [-0.15, -0.1) is 11.6 Å². The maximum Gasteiger partial charge on any atom is 0.227 e. The number of carbonyl (C=O) groups is 1. The van der Waals surface area contributed by atoms with E-state index in [1.807, 2.05) is 0 Å². The molecular formula is C11H11BrClFN2O. The molecule has 1 amide bonds. The van der Waals surface area contributed by atoms with E-state index in [0.29, 0.717) is 29.0 Å². The minimum atomic E-state index is -0.438. The van der Waals surface area contributed by atoms with Crippen molar-refractivity contribution < 1.29 is 9.18 Å². The lowest BCUT2D eigenvalue weighted by molar-refractivity contribution is -0.117. The van der Waals surface area contributed by atoms with Gasteiger partial charge in [-0.05, 0) is 27.9 Å². The number of amides is 1. The van der Waals surface area contributed by atoms with Crippen LogP contribution in [0.15, 0.2) is 16.6 Å². The van der Waals surface area contributed by atoms with Gasteiger partial charge in [-0.3, -0.25) is 4.79 Å². The average Bonchev–Trinajstić information content (AvgIpc) is 2.65. The van der Waals surface area contributed by atoms with Crippen LogP contribution < -0.4 is 10.6 Å². The molecule has 1 unspecified atom stereocenters. The van der Waals surface area contributed by atoms with E-state index >= 15 is 0 Å². The number of hydrogen-bond acceptors (Lipinski definition) is 2. The SMILES string of the molecule is Nc1cc(F)c(Br)cc1N1CC(CCl)CC1=O. The van der Waals surface area contributed by atoms with Gasteiger partial charge >= 0.3 is 0 Å². The Morgan fingerprint density at radius 1 is 1.59 bits per heavy atom. The van der Waals surface area contributed by atoms with Crippen LogP contribution in [-0.4, -0.2) is 18.3 Å². The summed E-state index contributed by atoms with van der Waals surface area (Å²) in [4.78, 5) is 13.4. The summed E-state index contributed by atoms with van der Waals surface area (Å²) in [7, 11) is 0. The second-order valence-corrected chi connectivity index (χ2v) is 5.22. The van der Waals surface area contributed by atoms with Crippen LogP contribution in [0.4, 0.5) is 15.8 Å². The van der Waals surface area contributed by atoms with Crippen molar-refractivity contribution in [3.05, 3.63) is 22.4 Å². The number of benzene rings is 1. The largest absolute Gasteiger partial charge is 0.397 e. The highest BCUT2D eigenvalue weighted by Gasteiger charge is 2.31. The first-order valence-electron chi connectivity index (χ1n) is 5.13. The Labute approximate surface area is 112 Å². The molecule has 1 fully saturated rings. The summed E-state index contributed by atoms with van der Waals surface area (Å²) in [5.41, 5.74) is 6.53. The number of alkyl halides is 1. The summed E-state index contributed by atoms with van der Waals surface area (Å²) in [5, 5.41) is 0. The average molecular weight is 322 g/mol. The lowest BCUT2D eigenvalue weighted by Gasteiger charge is -2.19. The molecule has 2 N–H and O–H groups in total. The van der Waals surface area contributed by atoms with Crippen LogP contribution in [0.2, 0.25) is 0 Å². The van der Waals surface area contributed by atoms with Gasteiger partial charge in [0.1, 0.15) is 5.82 Å². The Kier molecular flexibility index (Phi) is 3.58.